The maximum atomic E-state index is 12.2. The van der Waals surface area contributed by atoms with Crippen molar-refractivity contribution in [2.45, 2.75) is 32.3 Å². The molecule has 0 aliphatic heterocycles. The number of hydrogen-bond donors (Lipinski definition) is 0. The van der Waals surface area contributed by atoms with Gasteiger partial charge in [0.05, 0.1) is 12.2 Å². The molecule has 2 aromatic heterocycles. The van der Waals surface area contributed by atoms with Gasteiger partial charge in [0.25, 0.3) is 0 Å². The Balaban J connectivity index is 1.49. The number of furan rings is 1. The standard InChI is InChI=1S/C20H18O5/c1-2-12-5-6-14-13(9-19(21)25-18(14)8-12)11-24-20(22)16-10-15(16)17-4-3-7-23-17/h3-9,15-16H,2,10-11H2,1H3/t15-,16+/m0/s1. The topological polar surface area (TPSA) is 69.7 Å². The second-order valence-corrected chi connectivity index (χ2v) is 6.35. The van der Waals surface area contributed by atoms with E-state index in [4.69, 9.17) is 13.6 Å². The van der Waals surface area contributed by atoms with E-state index in [0.29, 0.717) is 11.1 Å². The van der Waals surface area contributed by atoms with Crippen LogP contribution in [0.3, 0.4) is 0 Å². The summed E-state index contributed by atoms with van der Waals surface area (Å²) in [5, 5.41) is 0.794. The molecule has 128 valence electrons. The Bertz CT molecular complexity index is 967. The second-order valence-electron chi connectivity index (χ2n) is 6.35. The molecule has 1 fully saturated rings. The van der Waals surface area contributed by atoms with E-state index in [9.17, 15) is 9.59 Å². The fourth-order valence-corrected chi connectivity index (χ4v) is 3.14. The molecule has 2 atom stereocenters. The van der Waals surface area contributed by atoms with Crippen LogP contribution < -0.4 is 5.63 Å². The second kappa shape index (κ2) is 6.24. The number of hydrogen-bond acceptors (Lipinski definition) is 5. The van der Waals surface area contributed by atoms with Crippen molar-refractivity contribution in [1.29, 1.82) is 0 Å². The SMILES string of the molecule is CCc1ccc2c(COC(=O)[C@@H]3C[C@@H]3c3ccco3)cc(=O)oc2c1. The first-order valence-corrected chi connectivity index (χ1v) is 8.41. The van der Waals surface area contributed by atoms with E-state index in [0.717, 1.165) is 29.6 Å². The molecule has 0 amide bonds. The summed E-state index contributed by atoms with van der Waals surface area (Å²) in [6.07, 6.45) is 3.20. The molecule has 0 bridgehead atoms. The minimum Gasteiger partial charge on any atom is -0.469 e. The Labute approximate surface area is 144 Å². The fraction of sp³-hybridized carbons (Fsp3) is 0.300. The van der Waals surface area contributed by atoms with E-state index in [-0.39, 0.29) is 24.4 Å². The van der Waals surface area contributed by atoms with Crippen LogP contribution in [-0.4, -0.2) is 5.97 Å². The van der Waals surface area contributed by atoms with E-state index in [1.54, 1.807) is 6.26 Å². The predicted molar refractivity (Wildman–Crippen MR) is 91.2 cm³/mol. The molecule has 0 unspecified atom stereocenters. The van der Waals surface area contributed by atoms with Crippen molar-refractivity contribution >= 4 is 16.9 Å². The highest BCUT2D eigenvalue weighted by molar-refractivity contribution is 5.81. The number of carbonyl (C=O) groups is 1. The first-order valence-electron chi connectivity index (χ1n) is 8.41. The first kappa shape index (κ1) is 15.7. The van der Waals surface area contributed by atoms with Gasteiger partial charge in [-0.05, 0) is 36.6 Å². The number of benzene rings is 1. The van der Waals surface area contributed by atoms with Gasteiger partial charge in [0, 0.05) is 22.9 Å². The molecule has 5 heteroatoms. The maximum Gasteiger partial charge on any atom is 0.336 e. The highest BCUT2D eigenvalue weighted by atomic mass is 16.5. The average Bonchev–Trinajstić information content (AvgIpc) is 3.23. The summed E-state index contributed by atoms with van der Waals surface area (Å²) in [4.78, 5) is 24.0. The Kier molecular flexibility index (Phi) is 3.92. The van der Waals surface area contributed by atoms with E-state index in [2.05, 4.69) is 0 Å². The summed E-state index contributed by atoms with van der Waals surface area (Å²) in [6, 6.07) is 10.8. The molecular weight excluding hydrogens is 320 g/mol. The van der Waals surface area contributed by atoms with Gasteiger partial charge in [-0.1, -0.05) is 19.1 Å². The van der Waals surface area contributed by atoms with Gasteiger partial charge in [-0.15, -0.1) is 0 Å². The Morgan fingerprint density at radius 2 is 2.16 bits per heavy atom. The van der Waals surface area contributed by atoms with Crippen molar-refractivity contribution in [1.82, 2.24) is 0 Å². The van der Waals surface area contributed by atoms with Crippen molar-refractivity contribution in [3.8, 4) is 0 Å². The summed E-state index contributed by atoms with van der Waals surface area (Å²) in [5.41, 5.74) is 1.84. The summed E-state index contributed by atoms with van der Waals surface area (Å²) in [6.45, 7) is 2.10. The van der Waals surface area contributed by atoms with Crippen LogP contribution in [0, 0.1) is 5.92 Å². The lowest BCUT2D eigenvalue weighted by Gasteiger charge is -2.08. The van der Waals surface area contributed by atoms with E-state index >= 15 is 0 Å². The van der Waals surface area contributed by atoms with Crippen molar-refractivity contribution < 1.29 is 18.4 Å². The quantitative estimate of drug-likeness (QED) is 0.523. The van der Waals surface area contributed by atoms with Crippen LogP contribution in [0.15, 0.2) is 56.3 Å². The third-order valence-corrected chi connectivity index (χ3v) is 4.67. The molecule has 1 aliphatic rings. The number of ether oxygens (including phenoxy) is 1. The zero-order valence-corrected chi connectivity index (χ0v) is 13.9. The molecule has 0 spiro atoms. The van der Waals surface area contributed by atoms with Gasteiger partial charge in [0.15, 0.2) is 0 Å². The number of rotatable bonds is 5. The Morgan fingerprint density at radius 1 is 1.28 bits per heavy atom. The minimum absolute atomic E-state index is 0.0633. The summed E-state index contributed by atoms with van der Waals surface area (Å²) >= 11 is 0. The fourth-order valence-electron chi connectivity index (χ4n) is 3.14. The molecule has 4 rings (SSSR count). The van der Waals surface area contributed by atoms with Gasteiger partial charge >= 0.3 is 11.6 Å². The van der Waals surface area contributed by atoms with Crippen LogP contribution in [0.2, 0.25) is 0 Å². The Morgan fingerprint density at radius 3 is 2.92 bits per heavy atom. The zero-order chi connectivity index (χ0) is 17.4. The molecule has 1 saturated carbocycles. The molecule has 2 heterocycles. The van der Waals surface area contributed by atoms with E-state index in [1.165, 1.54) is 6.07 Å². The van der Waals surface area contributed by atoms with Gasteiger partial charge in [-0.25, -0.2) is 4.79 Å². The summed E-state index contributed by atoms with van der Waals surface area (Å²) in [5.74, 6) is 0.504. The summed E-state index contributed by atoms with van der Waals surface area (Å²) in [7, 11) is 0. The third kappa shape index (κ3) is 3.09. The van der Waals surface area contributed by atoms with Crippen LogP contribution in [0.5, 0.6) is 0 Å². The smallest absolute Gasteiger partial charge is 0.336 e. The van der Waals surface area contributed by atoms with Crippen LogP contribution in [0.25, 0.3) is 11.0 Å². The first-order chi connectivity index (χ1) is 12.2. The number of carbonyl (C=O) groups excluding carboxylic acids is 1. The monoisotopic (exact) mass is 338 g/mol. The van der Waals surface area contributed by atoms with Crippen molar-refractivity contribution in [2.24, 2.45) is 5.92 Å². The molecule has 25 heavy (non-hydrogen) atoms. The Hall–Kier alpha value is -2.82. The highest BCUT2D eigenvalue weighted by Gasteiger charge is 2.47. The average molecular weight is 338 g/mol. The van der Waals surface area contributed by atoms with Gasteiger partial charge in [0.1, 0.15) is 18.0 Å². The third-order valence-electron chi connectivity index (χ3n) is 4.67. The summed E-state index contributed by atoms with van der Waals surface area (Å²) < 4.78 is 16.0. The molecule has 0 saturated heterocycles. The van der Waals surface area contributed by atoms with Crippen molar-refractivity contribution in [3.63, 3.8) is 0 Å². The molecule has 0 radical (unpaired) electrons. The molecule has 3 aromatic rings. The lowest BCUT2D eigenvalue weighted by Crippen LogP contribution is -2.10. The minimum atomic E-state index is -0.438. The van der Waals surface area contributed by atoms with E-state index in [1.807, 2.05) is 37.3 Å². The lowest BCUT2D eigenvalue weighted by atomic mass is 10.1. The van der Waals surface area contributed by atoms with Gasteiger partial charge in [0.2, 0.25) is 0 Å². The van der Waals surface area contributed by atoms with Crippen LogP contribution in [0.4, 0.5) is 0 Å². The number of fused-ring (bicyclic) bond motifs is 1. The van der Waals surface area contributed by atoms with Crippen molar-refractivity contribution in [3.05, 3.63) is 70.0 Å². The van der Waals surface area contributed by atoms with Gasteiger partial charge in [-0.2, -0.15) is 0 Å². The van der Waals surface area contributed by atoms with Crippen molar-refractivity contribution in [2.75, 3.05) is 0 Å². The normalized spacial score (nSPS) is 19.1. The molecule has 5 nitrogen and oxygen atoms in total. The van der Waals surface area contributed by atoms with Crippen LogP contribution in [0.1, 0.15) is 36.1 Å². The highest BCUT2D eigenvalue weighted by Crippen LogP contribution is 2.48. The molecular formula is C20H18O5. The van der Waals surface area contributed by atoms with Crippen LogP contribution in [-0.2, 0) is 22.6 Å². The van der Waals surface area contributed by atoms with Crippen LogP contribution >= 0.6 is 0 Å². The van der Waals surface area contributed by atoms with Gasteiger partial charge < -0.3 is 13.6 Å². The maximum absolute atomic E-state index is 12.2. The zero-order valence-electron chi connectivity index (χ0n) is 13.9. The predicted octanol–water partition coefficient (Wildman–Crippen LogP) is 3.80. The number of aryl methyl sites for hydroxylation is 1. The largest absolute Gasteiger partial charge is 0.469 e. The number of esters is 1. The molecule has 1 aliphatic carbocycles. The lowest BCUT2D eigenvalue weighted by molar-refractivity contribution is -0.146. The van der Waals surface area contributed by atoms with E-state index < -0.39 is 5.63 Å². The molecule has 0 N–H and O–H groups in total. The van der Waals surface area contributed by atoms with Gasteiger partial charge in [-0.3, -0.25) is 4.79 Å². The molecule has 1 aromatic carbocycles.